The minimum Gasteiger partial charge on any atom is -0.353 e. The molecule has 0 bridgehead atoms. The quantitative estimate of drug-likeness (QED) is 0.601. The summed E-state index contributed by atoms with van der Waals surface area (Å²) in [6.45, 7) is 4.59. The van der Waals surface area contributed by atoms with Gasteiger partial charge in [-0.3, -0.25) is 0 Å². The first-order valence-electron chi connectivity index (χ1n) is 9.27. The highest BCUT2D eigenvalue weighted by Crippen LogP contribution is 2.35. The number of hydrogen-bond donors (Lipinski definition) is 0. The number of likely N-dealkylation sites (N-methyl/N-ethyl adjacent to an activating group) is 1. The molecule has 0 saturated carbocycles. The second-order valence-electron chi connectivity index (χ2n) is 7.95. The van der Waals surface area contributed by atoms with E-state index in [0.29, 0.717) is 10.7 Å². The fraction of sp³-hybridized carbons (Fsp3) is 0.474. The summed E-state index contributed by atoms with van der Waals surface area (Å²) in [5, 5.41) is 5.80. The molecule has 1 atom stereocenters. The lowest BCUT2D eigenvalue weighted by molar-refractivity contribution is 0.00763. The summed E-state index contributed by atoms with van der Waals surface area (Å²) in [6, 6.07) is 3.22. The number of anilines is 1. The minimum absolute atomic E-state index is 0.0162. The molecule has 0 radical (unpaired) electrons. The van der Waals surface area contributed by atoms with Crippen LogP contribution in [-0.4, -0.2) is 62.4 Å². The third kappa shape index (κ3) is 3.53. The van der Waals surface area contributed by atoms with Crippen molar-refractivity contribution in [1.82, 2.24) is 29.6 Å². The lowest BCUT2D eigenvalue weighted by Crippen LogP contribution is -2.43. The molecule has 4 rings (SSSR count). The molecule has 3 aromatic heterocycles. The van der Waals surface area contributed by atoms with Gasteiger partial charge in [0.1, 0.15) is 5.15 Å². The predicted octanol–water partition coefficient (Wildman–Crippen LogP) is 3.51. The number of aromatic nitrogens is 5. The average Bonchev–Trinajstić information content (AvgIpc) is 3.23. The average molecular weight is 422 g/mol. The number of alkyl halides is 2. The van der Waals surface area contributed by atoms with Gasteiger partial charge in [0.05, 0.1) is 10.9 Å². The summed E-state index contributed by atoms with van der Waals surface area (Å²) < 4.78 is 29.0. The standard InChI is InChI=1S/C19H22ClF2N7/c1-18(27(3)4)6-8-28(11-18)16-12-10-24-14(20)9-13(12)29(26-16)15-5-7-23-17(25-15)19(2,21)22/h5,7,9-10H,6,8,11H2,1-4H3. The SMILES string of the molecule is CN(C)C1(C)CCN(c2nn(-c3ccnc(C(C)(F)F)n3)c3cc(Cl)ncc23)C1. The maximum absolute atomic E-state index is 13.7. The summed E-state index contributed by atoms with van der Waals surface area (Å²) in [7, 11) is 4.13. The Balaban J connectivity index is 1.84. The van der Waals surface area contributed by atoms with Crippen molar-refractivity contribution in [3.63, 3.8) is 0 Å². The van der Waals surface area contributed by atoms with Crippen molar-refractivity contribution in [1.29, 1.82) is 0 Å². The smallest absolute Gasteiger partial charge is 0.303 e. The van der Waals surface area contributed by atoms with Gasteiger partial charge in [-0.1, -0.05) is 11.6 Å². The molecule has 1 aliphatic heterocycles. The van der Waals surface area contributed by atoms with Crippen LogP contribution in [0, 0.1) is 0 Å². The normalized spacial score (nSPS) is 20.2. The molecule has 1 unspecified atom stereocenters. The first-order valence-corrected chi connectivity index (χ1v) is 9.65. The van der Waals surface area contributed by atoms with Gasteiger partial charge < -0.3 is 9.80 Å². The molecule has 7 nitrogen and oxygen atoms in total. The first-order chi connectivity index (χ1) is 13.6. The van der Waals surface area contributed by atoms with E-state index in [4.69, 9.17) is 16.7 Å². The van der Waals surface area contributed by atoms with Crippen LogP contribution >= 0.6 is 11.6 Å². The second-order valence-corrected chi connectivity index (χ2v) is 8.34. The van der Waals surface area contributed by atoms with Crippen LogP contribution in [0.4, 0.5) is 14.6 Å². The zero-order valence-corrected chi connectivity index (χ0v) is 17.5. The number of pyridine rings is 1. The Morgan fingerprint density at radius 3 is 2.69 bits per heavy atom. The van der Waals surface area contributed by atoms with Crippen LogP contribution in [0.25, 0.3) is 16.7 Å². The molecule has 0 aromatic carbocycles. The zero-order valence-electron chi connectivity index (χ0n) is 16.7. The van der Waals surface area contributed by atoms with Crippen LogP contribution in [-0.2, 0) is 5.92 Å². The Hall–Kier alpha value is -2.39. The van der Waals surface area contributed by atoms with E-state index in [1.807, 2.05) is 0 Å². The third-order valence-electron chi connectivity index (χ3n) is 5.59. The van der Waals surface area contributed by atoms with E-state index in [-0.39, 0.29) is 11.4 Å². The van der Waals surface area contributed by atoms with Gasteiger partial charge in [-0.15, -0.1) is 5.10 Å². The summed E-state index contributed by atoms with van der Waals surface area (Å²) in [4.78, 5) is 16.3. The van der Waals surface area contributed by atoms with Crippen LogP contribution < -0.4 is 4.90 Å². The molecule has 1 fully saturated rings. The van der Waals surface area contributed by atoms with Gasteiger partial charge in [-0.25, -0.2) is 19.6 Å². The van der Waals surface area contributed by atoms with Gasteiger partial charge in [0, 0.05) is 50.1 Å². The van der Waals surface area contributed by atoms with Crippen molar-refractivity contribution in [2.45, 2.75) is 31.7 Å². The Morgan fingerprint density at radius 2 is 2.03 bits per heavy atom. The maximum atomic E-state index is 13.7. The van der Waals surface area contributed by atoms with Crippen molar-refractivity contribution in [3.05, 3.63) is 35.5 Å². The lowest BCUT2D eigenvalue weighted by Gasteiger charge is -2.32. The van der Waals surface area contributed by atoms with E-state index in [2.05, 4.69) is 45.8 Å². The van der Waals surface area contributed by atoms with Gasteiger partial charge in [0.25, 0.3) is 0 Å². The molecule has 10 heteroatoms. The highest BCUT2D eigenvalue weighted by molar-refractivity contribution is 6.30. The van der Waals surface area contributed by atoms with Crippen molar-refractivity contribution in [3.8, 4) is 5.82 Å². The number of fused-ring (bicyclic) bond motifs is 1. The molecule has 1 saturated heterocycles. The molecule has 154 valence electrons. The van der Waals surface area contributed by atoms with Gasteiger partial charge >= 0.3 is 5.92 Å². The van der Waals surface area contributed by atoms with E-state index < -0.39 is 11.7 Å². The van der Waals surface area contributed by atoms with Crippen molar-refractivity contribution >= 4 is 28.3 Å². The number of rotatable bonds is 4. The summed E-state index contributed by atoms with van der Waals surface area (Å²) in [5.74, 6) is -2.71. The summed E-state index contributed by atoms with van der Waals surface area (Å²) in [6.07, 6.45) is 3.96. The van der Waals surface area contributed by atoms with Crippen molar-refractivity contribution in [2.75, 3.05) is 32.1 Å². The Labute approximate surface area is 172 Å². The first kappa shape index (κ1) is 19.9. The van der Waals surface area contributed by atoms with Crippen LogP contribution in [0.5, 0.6) is 0 Å². The van der Waals surface area contributed by atoms with Crippen LogP contribution in [0.3, 0.4) is 0 Å². The van der Waals surface area contributed by atoms with E-state index in [9.17, 15) is 8.78 Å². The fourth-order valence-electron chi connectivity index (χ4n) is 3.55. The molecule has 4 heterocycles. The molecule has 0 amide bonds. The largest absolute Gasteiger partial charge is 0.353 e. The highest BCUT2D eigenvalue weighted by atomic mass is 35.5. The van der Waals surface area contributed by atoms with Crippen molar-refractivity contribution < 1.29 is 8.78 Å². The van der Waals surface area contributed by atoms with E-state index in [0.717, 1.165) is 37.6 Å². The maximum Gasteiger partial charge on any atom is 0.303 e. The number of halogens is 3. The van der Waals surface area contributed by atoms with Gasteiger partial charge in [-0.05, 0) is 27.4 Å². The molecule has 1 aliphatic rings. The monoisotopic (exact) mass is 421 g/mol. The number of nitrogens with zero attached hydrogens (tertiary/aromatic N) is 7. The highest BCUT2D eigenvalue weighted by Gasteiger charge is 2.37. The fourth-order valence-corrected chi connectivity index (χ4v) is 3.70. The Bertz CT molecular complexity index is 1060. The number of hydrogen-bond acceptors (Lipinski definition) is 6. The zero-order chi connectivity index (χ0) is 21.0. The molecule has 0 N–H and O–H groups in total. The molecule has 29 heavy (non-hydrogen) atoms. The minimum atomic E-state index is -3.15. The molecule has 0 spiro atoms. The lowest BCUT2D eigenvalue weighted by atomic mass is 10.0. The Kier molecular flexibility index (Phi) is 4.70. The molecular weight excluding hydrogens is 400 g/mol. The predicted molar refractivity (Wildman–Crippen MR) is 108 cm³/mol. The van der Waals surface area contributed by atoms with Crippen LogP contribution in [0.2, 0.25) is 5.15 Å². The second kappa shape index (κ2) is 6.84. The molecule has 0 aliphatic carbocycles. The topological polar surface area (TPSA) is 63.0 Å². The van der Waals surface area contributed by atoms with Gasteiger partial charge in [-0.2, -0.15) is 8.78 Å². The van der Waals surface area contributed by atoms with Crippen LogP contribution in [0.15, 0.2) is 24.5 Å². The van der Waals surface area contributed by atoms with Crippen LogP contribution in [0.1, 0.15) is 26.1 Å². The molecular formula is C19H22ClF2N7. The van der Waals surface area contributed by atoms with E-state index in [1.54, 1.807) is 18.3 Å². The summed E-state index contributed by atoms with van der Waals surface area (Å²) >= 11 is 6.11. The third-order valence-corrected chi connectivity index (χ3v) is 5.80. The van der Waals surface area contributed by atoms with E-state index >= 15 is 0 Å². The molecule has 3 aromatic rings. The van der Waals surface area contributed by atoms with Crippen molar-refractivity contribution in [2.24, 2.45) is 0 Å². The van der Waals surface area contributed by atoms with Gasteiger partial charge in [0.15, 0.2) is 11.6 Å². The van der Waals surface area contributed by atoms with Gasteiger partial charge in [0.2, 0.25) is 5.82 Å². The van der Waals surface area contributed by atoms with E-state index in [1.165, 1.54) is 10.9 Å². The summed E-state index contributed by atoms with van der Waals surface area (Å²) in [5.41, 5.74) is 0.671. The Morgan fingerprint density at radius 1 is 1.28 bits per heavy atom.